The maximum Gasteiger partial charge on any atom is 0.415 e. The third-order valence-corrected chi connectivity index (χ3v) is 6.84. The van der Waals surface area contributed by atoms with E-state index in [0.29, 0.717) is 49.5 Å². The van der Waals surface area contributed by atoms with Crippen molar-refractivity contribution in [1.29, 1.82) is 0 Å². The van der Waals surface area contributed by atoms with E-state index in [4.69, 9.17) is 18.9 Å². The first-order valence-electron chi connectivity index (χ1n) is 13.9. The minimum absolute atomic E-state index is 0.282. The van der Waals surface area contributed by atoms with Crippen molar-refractivity contribution in [3.05, 3.63) is 84.4 Å². The number of hydrogen-bond acceptors (Lipinski definition) is 6. The summed E-state index contributed by atoms with van der Waals surface area (Å²) in [5.41, 5.74) is 0.847. The monoisotopic (exact) mass is 547 g/mol. The van der Waals surface area contributed by atoms with Crippen LogP contribution in [0.3, 0.4) is 0 Å². The molecule has 1 unspecified atom stereocenters. The van der Waals surface area contributed by atoms with Gasteiger partial charge in [-0.3, -0.25) is 0 Å². The third kappa shape index (κ3) is 9.02. The van der Waals surface area contributed by atoms with Gasteiger partial charge in [0.2, 0.25) is 0 Å². The smallest absolute Gasteiger partial charge is 0.415 e. The quantitative estimate of drug-likeness (QED) is 0.244. The van der Waals surface area contributed by atoms with E-state index >= 15 is 0 Å². The number of rotatable bonds is 14. The summed E-state index contributed by atoms with van der Waals surface area (Å²) in [6.45, 7) is 3.44. The van der Waals surface area contributed by atoms with Gasteiger partial charge in [-0.2, -0.15) is 0 Å². The number of benzene rings is 3. The Bertz CT molecular complexity index is 1190. The van der Waals surface area contributed by atoms with E-state index in [1.807, 2.05) is 42.5 Å². The van der Waals surface area contributed by atoms with Crippen LogP contribution in [0.5, 0.6) is 23.0 Å². The van der Waals surface area contributed by atoms with Gasteiger partial charge in [0.15, 0.2) is 6.10 Å². The largest absolute Gasteiger partial charge is 0.492 e. The molecule has 3 aromatic rings. The molecule has 1 aliphatic rings. The number of amides is 1. The van der Waals surface area contributed by atoms with Gasteiger partial charge in [-0.1, -0.05) is 43.2 Å². The predicted octanol–water partition coefficient (Wildman–Crippen LogP) is 6.58. The van der Waals surface area contributed by atoms with E-state index in [0.717, 1.165) is 24.2 Å². The van der Waals surface area contributed by atoms with Crippen LogP contribution >= 0.6 is 0 Å². The first-order valence-corrected chi connectivity index (χ1v) is 13.9. The molecule has 40 heavy (non-hydrogen) atoms. The van der Waals surface area contributed by atoms with Crippen LogP contribution in [0.25, 0.3) is 0 Å². The van der Waals surface area contributed by atoms with Crippen LogP contribution in [0.1, 0.15) is 38.2 Å². The lowest BCUT2D eigenvalue weighted by Gasteiger charge is -2.25. The topological polar surface area (TPSA) is 94.5 Å². The Hall–Kier alpha value is -4.04. The molecule has 0 spiro atoms. The maximum absolute atomic E-state index is 13.1. The molecule has 1 N–H and O–H groups in total. The summed E-state index contributed by atoms with van der Waals surface area (Å²) in [5.74, 6) is 1.97. The first kappa shape index (κ1) is 29.0. The first-order chi connectivity index (χ1) is 19.5. The number of ether oxygens (including phenoxy) is 4. The molecule has 1 amide bonds. The summed E-state index contributed by atoms with van der Waals surface area (Å²) in [6.07, 6.45) is 3.59. The third-order valence-electron chi connectivity index (χ3n) is 6.84. The van der Waals surface area contributed by atoms with Crippen molar-refractivity contribution in [1.82, 2.24) is 4.90 Å². The van der Waals surface area contributed by atoms with Gasteiger partial charge in [0.1, 0.15) is 29.6 Å². The van der Waals surface area contributed by atoms with E-state index in [-0.39, 0.29) is 6.42 Å². The highest BCUT2D eigenvalue weighted by Crippen LogP contribution is 2.27. The lowest BCUT2D eigenvalue weighted by atomic mass is 10.1. The van der Waals surface area contributed by atoms with Gasteiger partial charge >= 0.3 is 12.1 Å². The second-order valence-corrected chi connectivity index (χ2v) is 9.83. The van der Waals surface area contributed by atoms with Crippen molar-refractivity contribution in [2.45, 2.75) is 45.1 Å². The second kappa shape index (κ2) is 14.9. The van der Waals surface area contributed by atoms with Crippen LogP contribution in [-0.4, -0.2) is 54.5 Å². The van der Waals surface area contributed by atoms with Crippen LogP contribution in [0.15, 0.2) is 78.9 Å². The Morgan fingerprint density at radius 3 is 2.15 bits per heavy atom. The SMILES string of the molecule is CCOC(Cc1ccc(OCCN(CC2CCCC2)C(=O)Oc2ccc(Oc3ccccc3)cc2)cc1)C(=O)O. The Morgan fingerprint density at radius 2 is 1.50 bits per heavy atom. The number of carboxylic acid groups (broad SMARTS) is 1. The Morgan fingerprint density at radius 1 is 0.875 bits per heavy atom. The molecular formula is C32H37NO7. The number of para-hydroxylation sites is 1. The highest BCUT2D eigenvalue weighted by atomic mass is 16.6. The van der Waals surface area contributed by atoms with E-state index in [1.165, 1.54) is 12.8 Å². The van der Waals surface area contributed by atoms with Crippen LogP contribution in [0.2, 0.25) is 0 Å². The number of aliphatic carboxylic acids is 1. The predicted molar refractivity (Wildman–Crippen MR) is 151 cm³/mol. The van der Waals surface area contributed by atoms with Crippen LogP contribution in [0, 0.1) is 5.92 Å². The fourth-order valence-electron chi connectivity index (χ4n) is 4.76. The van der Waals surface area contributed by atoms with Crippen LogP contribution in [-0.2, 0) is 16.0 Å². The van der Waals surface area contributed by atoms with Crippen LogP contribution in [0.4, 0.5) is 4.79 Å². The van der Waals surface area contributed by atoms with Crippen molar-refractivity contribution in [2.24, 2.45) is 5.92 Å². The minimum atomic E-state index is -0.979. The molecule has 1 aliphatic carbocycles. The summed E-state index contributed by atoms with van der Waals surface area (Å²) in [7, 11) is 0. The zero-order valence-corrected chi connectivity index (χ0v) is 22.9. The molecule has 0 bridgehead atoms. The molecule has 0 heterocycles. The molecule has 8 nitrogen and oxygen atoms in total. The average Bonchev–Trinajstić information content (AvgIpc) is 3.48. The number of carboxylic acids is 1. The fourth-order valence-corrected chi connectivity index (χ4v) is 4.76. The van der Waals surface area contributed by atoms with E-state index in [9.17, 15) is 14.7 Å². The zero-order chi connectivity index (χ0) is 28.2. The van der Waals surface area contributed by atoms with E-state index in [2.05, 4.69) is 0 Å². The summed E-state index contributed by atoms with van der Waals surface area (Å²) < 4.78 is 22.7. The molecule has 0 radical (unpaired) electrons. The average molecular weight is 548 g/mol. The molecule has 1 fully saturated rings. The van der Waals surface area contributed by atoms with Crippen molar-refractivity contribution in [2.75, 3.05) is 26.3 Å². The van der Waals surface area contributed by atoms with Gasteiger partial charge in [-0.05, 0) is 79.8 Å². The van der Waals surface area contributed by atoms with E-state index < -0.39 is 18.2 Å². The molecule has 8 heteroatoms. The Balaban J connectivity index is 1.30. The standard InChI is InChI=1S/C32H37NO7/c1-2-37-30(31(34)35)22-24-12-14-26(15-13-24)38-21-20-33(23-25-8-6-7-9-25)32(36)40-29-18-16-28(17-19-29)39-27-10-4-3-5-11-27/h3-5,10-19,25,30H,2,6-9,20-23H2,1H3,(H,34,35). The molecule has 0 aliphatic heterocycles. The normalized spacial score (nSPS) is 13.9. The molecule has 0 saturated heterocycles. The van der Waals surface area contributed by atoms with Crippen molar-refractivity contribution < 1.29 is 33.6 Å². The van der Waals surface area contributed by atoms with Gasteiger partial charge in [0, 0.05) is 19.6 Å². The number of nitrogens with zero attached hydrogens (tertiary/aromatic N) is 1. The lowest BCUT2D eigenvalue weighted by molar-refractivity contribution is -0.149. The highest BCUT2D eigenvalue weighted by molar-refractivity contribution is 5.72. The van der Waals surface area contributed by atoms with Gasteiger partial charge < -0.3 is 29.0 Å². The number of carbonyl (C=O) groups excluding carboxylic acids is 1. The summed E-state index contributed by atoms with van der Waals surface area (Å²) >= 11 is 0. The minimum Gasteiger partial charge on any atom is -0.492 e. The number of carbonyl (C=O) groups is 2. The molecule has 0 aromatic heterocycles. The maximum atomic E-state index is 13.1. The molecule has 1 atom stereocenters. The lowest BCUT2D eigenvalue weighted by Crippen LogP contribution is -2.39. The molecule has 3 aromatic carbocycles. The number of hydrogen-bond donors (Lipinski definition) is 1. The summed E-state index contributed by atoms with van der Waals surface area (Å²) in [6, 6.07) is 23.8. The summed E-state index contributed by atoms with van der Waals surface area (Å²) in [5, 5.41) is 9.30. The molecular weight excluding hydrogens is 510 g/mol. The van der Waals surface area contributed by atoms with E-state index in [1.54, 1.807) is 48.2 Å². The Kier molecular flexibility index (Phi) is 10.8. The van der Waals surface area contributed by atoms with Crippen LogP contribution < -0.4 is 14.2 Å². The van der Waals surface area contributed by atoms with Crippen molar-refractivity contribution in [3.63, 3.8) is 0 Å². The molecule has 1 saturated carbocycles. The van der Waals surface area contributed by atoms with Gasteiger partial charge in [0.05, 0.1) is 6.54 Å². The van der Waals surface area contributed by atoms with Crippen molar-refractivity contribution in [3.8, 4) is 23.0 Å². The highest BCUT2D eigenvalue weighted by Gasteiger charge is 2.23. The fraction of sp³-hybridized carbons (Fsp3) is 0.375. The van der Waals surface area contributed by atoms with Gasteiger partial charge in [0.25, 0.3) is 0 Å². The van der Waals surface area contributed by atoms with Gasteiger partial charge in [-0.15, -0.1) is 0 Å². The molecule has 4 rings (SSSR count). The second-order valence-electron chi connectivity index (χ2n) is 9.83. The van der Waals surface area contributed by atoms with Gasteiger partial charge in [-0.25, -0.2) is 9.59 Å². The summed E-state index contributed by atoms with van der Waals surface area (Å²) in [4.78, 5) is 26.2. The Labute approximate surface area is 235 Å². The zero-order valence-electron chi connectivity index (χ0n) is 22.9. The van der Waals surface area contributed by atoms with Crippen molar-refractivity contribution >= 4 is 12.1 Å². The molecule has 212 valence electrons.